The predicted molar refractivity (Wildman–Crippen MR) is 225 cm³/mol. The molecule has 4 aliphatic rings. The van der Waals surface area contributed by atoms with Crippen molar-refractivity contribution in [2.75, 3.05) is 43.9 Å². The van der Waals surface area contributed by atoms with Crippen LogP contribution in [0.4, 0.5) is 14.9 Å². The molecule has 13 nitrogen and oxygen atoms in total. The Labute approximate surface area is 343 Å². The molecule has 1 unspecified atom stereocenters. The first-order chi connectivity index (χ1) is 28.1. The van der Waals surface area contributed by atoms with Gasteiger partial charge in [0.1, 0.15) is 35.4 Å². The summed E-state index contributed by atoms with van der Waals surface area (Å²) in [6.07, 6.45) is 9.00. The molecule has 4 N–H and O–H groups in total. The molecule has 5 amide bonds. The lowest BCUT2D eigenvalue weighted by atomic mass is 9.88. The van der Waals surface area contributed by atoms with Crippen LogP contribution >= 0.6 is 11.3 Å². The van der Waals surface area contributed by atoms with Crippen molar-refractivity contribution in [2.24, 2.45) is 5.92 Å². The number of likely N-dealkylation sites (N-methyl/N-ethyl adjacent to an activating group) is 1. The Balaban J connectivity index is 1.03. The predicted octanol–water partition coefficient (Wildman–Crippen LogP) is 6.32. The maximum atomic E-state index is 14.6. The van der Waals surface area contributed by atoms with Crippen molar-refractivity contribution in [1.82, 2.24) is 25.4 Å². The number of likely N-dealkylation sites (tertiary alicyclic amines) is 1. The normalized spacial score (nSPS) is 19.8. The summed E-state index contributed by atoms with van der Waals surface area (Å²) in [4.78, 5) is 76.0. The molecule has 7 rings (SSSR count). The highest BCUT2D eigenvalue weighted by Crippen LogP contribution is 2.46. The van der Waals surface area contributed by atoms with E-state index in [9.17, 15) is 24.0 Å². The summed E-state index contributed by atoms with van der Waals surface area (Å²) >= 11 is 1.17. The number of hydrogen-bond donors (Lipinski definition) is 4. The Morgan fingerprint density at radius 2 is 1.78 bits per heavy atom. The van der Waals surface area contributed by atoms with Crippen molar-refractivity contribution in [2.45, 2.75) is 89.3 Å². The standard InChI is InChI=1S/C44H53N7O6S/c1-4-13-36(52)46-43-48-37(28-14-6-5-7-15-28)41(58-43)49-40(54)35-20-12-25-51(35)42(55)38(29-21-23-45-24-22-29)47-39(53)27(2)50(3)44(56)57-26-34-32-18-10-8-16-30(32)31-17-9-11-19-33(31)34/h5-10,14-18,27,29,34-35,38,45H,4,11-13,19-26H2,1-3H3,(H,47,53)(H,49,54)(H,46,48,52)/t27-,34?,35-,38-/m0/s1. The second kappa shape index (κ2) is 18.5. The number of ether oxygens (including phenoxy) is 1. The third-order valence-electron chi connectivity index (χ3n) is 11.8. The summed E-state index contributed by atoms with van der Waals surface area (Å²) in [7, 11) is 1.54. The Kier molecular flexibility index (Phi) is 13.0. The number of aromatic nitrogens is 1. The number of benzene rings is 2. The minimum absolute atomic E-state index is 0.0418. The van der Waals surface area contributed by atoms with Crippen LogP contribution in [0.2, 0.25) is 0 Å². The van der Waals surface area contributed by atoms with E-state index in [1.54, 1.807) is 11.8 Å². The quantitative estimate of drug-likeness (QED) is 0.156. The van der Waals surface area contributed by atoms with Gasteiger partial charge in [-0.25, -0.2) is 9.78 Å². The van der Waals surface area contributed by atoms with E-state index in [-0.39, 0.29) is 36.2 Å². The number of carbonyl (C=O) groups is 5. The van der Waals surface area contributed by atoms with Crippen molar-refractivity contribution in [3.63, 3.8) is 0 Å². The molecule has 0 spiro atoms. The molecule has 58 heavy (non-hydrogen) atoms. The summed E-state index contributed by atoms with van der Waals surface area (Å²) in [5.41, 5.74) is 6.09. The molecule has 0 bridgehead atoms. The number of carbonyl (C=O) groups excluding carboxylic acids is 5. The van der Waals surface area contributed by atoms with Gasteiger partial charge in [0.15, 0.2) is 5.13 Å². The number of thiazole rings is 1. The minimum Gasteiger partial charge on any atom is -0.448 e. The fourth-order valence-electron chi connectivity index (χ4n) is 8.49. The summed E-state index contributed by atoms with van der Waals surface area (Å²) in [5, 5.41) is 13.1. The topological polar surface area (TPSA) is 162 Å². The lowest BCUT2D eigenvalue weighted by Crippen LogP contribution is -2.59. The highest BCUT2D eigenvalue weighted by Gasteiger charge is 2.42. The van der Waals surface area contributed by atoms with Gasteiger partial charge in [-0.05, 0) is 87.6 Å². The van der Waals surface area contributed by atoms with Gasteiger partial charge >= 0.3 is 6.09 Å². The fourth-order valence-corrected chi connectivity index (χ4v) is 9.40. The number of piperidine rings is 1. The fraction of sp³-hybridized carbons (Fsp3) is 0.455. The zero-order chi connectivity index (χ0) is 40.8. The third kappa shape index (κ3) is 8.87. The van der Waals surface area contributed by atoms with Crippen LogP contribution in [0.3, 0.4) is 0 Å². The highest BCUT2D eigenvalue weighted by atomic mass is 32.1. The maximum absolute atomic E-state index is 14.6. The van der Waals surface area contributed by atoms with Crippen molar-refractivity contribution < 1.29 is 28.7 Å². The lowest BCUT2D eigenvalue weighted by Gasteiger charge is -2.36. The van der Waals surface area contributed by atoms with E-state index >= 15 is 0 Å². The average Bonchev–Trinajstić information content (AvgIpc) is 3.98. The number of nitrogens with zero attached hydrogens (tertiary/aromatic N) is 3. The van der Waals surface area contributed by atoms with Gasteiger partial charge in [0, 0.05) is 31.5 Å². The van der Waals surface area contributed by atoms with Crippen LogP contribution < -0.4 is 21.3 Å². The molecule has 2 fully saturated rings. The van der Waals surface area contributed by atoms with Crippen LogP contribution in [-0.2, 0) is 23.9 Å². The molecule has 2 aliphatic carbocycles. The monoisotopic (exact) mass is 807 g/mol. The molecule has 1 aromatic heterocycles. The molecule has 14 heteroatoms. The summed E-state index contributed by atoms with van der Waals surface area (Å²) in [6.45, 7) is 5.46. The van der Waals surface area contributed by atoms with Gasteiger partial charge in [-0.15, -0.1) is 0 Å². The first kappa shape index (κ1) is 40.8. The minimum atomic E-state index is -0.930. The van der Waals surface area contributed by atoms with E-state index < -0.39 is 30.1 Å². The number of hydrogen-bond acceptors (Lipinski definition) is 9. The van der Waals surface area contributed by atoms with Crippen molar-refractivity contribution >= 4 is 56.8 Å². The number of amides is 5. The molecule has 3 aromatic rings. The zero-order valence-corrected chi connectivity index (χ0v) is 34.2. The Bertz CT molecular complexity index is 2080. The van der Waals surface area contributed by atoms with E-state index in [4.69, 9.17) is 4.74 Å². The average molecular weight is 808 g/mol. The van der Waals surface area contributed by atoms with Gasteiger partial charge < -0.3 is 30.9 Å². The second-order valence-electron chi connectivity index (χ2n) is 15.5. The van der Waals surface area contributed by atoms with Crippen molar-refractivity contribution in [3.8, 4) is 11.3 Å². The van der Waals surface area contributed by atoms with Gasteiger partial charge in [0.2, 0.25) is 23.6 Å². The molecule has 0 saturated carbocycles. The number of allylic oxidation sites excluding steroid dienone is 3. The molecule has 2 saturated heterocycles. The molecule has 0 radical (unpaired) electrons. The van der Waals surface area contributed by atoms with Gasteiger partial charge in [-0.1, -0.05) is 90.6 Å². The molecule has 2 aliphatic heterocycles. The molecular formula is C44H53N7O6S. The van der Waals surface area contributed by atoms with Crippen LogP contribution in [0.15, 0.2) is 72.3 Å². The summed E-state index contributed by atoms with van der Waals surface area (Å²) in [5.74, 6) is -1.52. The first-order valence-electron chi connectivity index (χ1n) is 20.5. The van der Waals surface area contributed by atoms with Gasteiger partial charge in [0.05, 0.1) is 0 Å². The van der Waals surface area contributed by atoms with Crippen molar-refractivity contribution in [1.29, 1.82) is 0 Å². The molecule has 3 heterocycles. The second-order valence-corrected chi connectivity index (χ2v) is 16.5. The molecule has 4 atom stereocenters. The van der Waals surface area contributed by atoms with E-state index in [1.165, 1.54) is 40.0 Å². The molecule has 306 valence electrons. The van der Waals surface area contributed by atoms with Crippen LogP contribution in [0.1, 0.15) is 82.3 Å². The van der Waals surface area contributed by atoms with Gasteiger partial charge in [-0.3, -0.25) is 24.1 Å². The van der Waals surface area contributed by atoms with Crippen LogP contribution in [-0.4, -0.2) is 95.9 Å². The smallest absolute Gasteiger partial charge is 0.410 e. The summed E-state index contributed by atoms with van der Waals surface area (Å²) < 4.78 is 5.87. The number of nitrogens with one attached hydrogen (secondary N) is 4. The van der Waals surface area contributed by atoms with Crippen LogP contribution in [0.25, 0.3) is 16.8 Å². The van der Waals surface area contributed by atoms with Crippen LogP contribution in [0.5, 0.6) is 0 Å². The van der Waals surface area contributed by atoms with Crippen molar-refractivity contribution in [3.05, 3.63) is 83.4 Å². The highest BCUT2D eigenvalue weighted by molar-refractivity contribution is 7.20. The third-order valence-corrected chi connectivity index (χ3v) is 12.7. The maximum Gasteiger partial charge on any atom is 0.410 e. The Morgan fingerprint density at radius 3 is 2.55 bits per heavy atom. The number of rotatable bonds is 13. The first-order valence-corrected chi connectivity index (χ1v) is 21.3. The molecule has 2 aromatic carbocycles. The Hall–Kier alpha value is -5.34. The van der Waals surface area contributed by atoms with E-state index in [2.05, 4.69) is 50.5 Å². The largest absolute Gasteiger partial charge is 0.448 e. The lowest BCUT2D eigenvalue weighted by molar-refractivity contribution is -0.142. The zero-order valence-electron chi connectivity index (χ0n) is 33.4. The van der Waals surface area contributed by atoms with Gasteiger partial charge in [0.25, 0.3) is 0 Å². The molecular weight excluding hydrogens is 755 g/mol. The van der Waals surface area contributed by atoms with Crippen LogP contribution in [0, 0.1) is 5.92 Å². The SMILES string of the molecule is CCCC(=O)Nc1nc(-c2ccccc2)c(NC(=O)[C@@H]2CCCN2C(=O)[C@@H](NC(=O)[C@H](C)N(C)C(=O)OCC2C3=C(C=CCC3)c3ccccc32)C2CCNCC2)s1. The number of fused-ring (bicyclic) bond motifs is 2. The van der Waals surface area contributed by atoms with E-state index in [1.807, 2.05) is 49.4 Å². The van der Waals surface area contributed by atoms with E-state index in [0.29, 0.717) is 74.0 Å². The number of anilines is 2. The summed E-state index contributed by atoms with van der Waals surface area (Å²) in [6, 6.07) is 15.0. The van der Waals surface area contributed by atoms with Gasteiger partial charge in [-0.2, -0.15) is 0 Å². The Morgan fingerprint density at radius 1 is 1.02 bits per heavy atom. The van der Waals surface area contributed by atoms with E-state index in [0.717, 1.165) is 24.0 Å².